The van der Waals surface area contributed by atoms with Crippen LogP contribution in [-0.2, 0) is 13.1 Å². The third-order valence-corrected chi connectivity index (χ3v) is 8.50. The first-order valence-electron chi connectivity index (χ1n) is 18.2. The fourth-order valence-corrected chi connectivity index (χ4v) is 5.81. The number of aromatic nitrogens is 2. The summed E-state index contributed by atoms with van der Waals surface area (Å²) >= 11 is 0. The van der Waals surface area contributed by atoms with Crippen LogP contribution in [0.4, 0.5) is 0 Å². The van der Waals surface area contributed by atoms with Gasteiger partial charge in [-0.3, -0.25) is 0 Å². The van der Waals surface area contributed by atoms with Crippen LogP contribution in [0.3, 0.4) is 0 Å². The lowest BCUT2D eigenvalue weighted by Gasteiger charge is -2.08. The molecule has 3 rings (SSSR count). The van der Waals surface area contributed by atoms with Crippen LogP contribution in [0.25, 0.3) is 0 Å². The number of unbranched alkanes of at least 4 members (excludes halogenated alkanes) is 18. The van der Waals surface area contributed by atoms with Crippen molar-refractivity contribution in [2.75, 3.05) is 0 Å². The molecule has 0 saturated heterocycles. The number of hydrogen-bond donors (Lipinski definition) is 0. The van der Waals surface area contributed by atoms with E-state index in [9.17, 15) is 0 Å². The number of ether oxygens (including phenoxy) is 2. The minimum absolute atomic E-state index is 0.818. The zero-order valence-corrected chi connectivity index (χ0v) is 28.2. The van der Waals surface area contributed by atoms with Crippen LogP contribution in [-0.4, -0.2) is 0 Å². The first kappa shape index (κ1) is 35.6. The molecule has 2 heterocycles. The Morgan fingerprint density at radius 1 is 0.386 bits per heavy atom. The number of benzene rings is 1. The fraction of sp³-hybridized carbons (Fsp3) is 0.600. The summed E-state index contributed by atoms with van der Waals surface area (Å²) in [6.07, 6.45) is 35.7. The molecule has 0 fully saturated rings. The molecule has 0 amide bonds. The Labute approximate surface area is 269 Å². The van der Waals surface area contributed by atoms with Gasteiger partial charge in [-0.2, -0.15) is 0 Å². The molecule has 0 atom stereocenters. The molecule has 0 bridgehead atoms. The molecule has 0 aliphatic rings. The molecule has 44 heavy (non-hydrogen) atoms. The lowest BCUT2D eigenvalue weighted by atomic mass is 10.1. The molecule has 0 N–H and O–H groups in total. The zero-order valence-electron chi connectivity index (χ0n) is 28.2. The normalized spacial score (nSPS) is 11.1. The van der Waals surface area contributed by atoms with Crippen LogP contribution < -0.4 is 18.6 Å². The molecule has 0 saturated carbocycles. The zero-order chi connectivity index (χ0) is 30.9. The highest BCUT2D eigenvalue weighted by Crippen LogP contribution is 2.26. The van der Waals surface area contributed by atoms with E-state index >= 15 is 0 Å². The van der Waals surface area contributed by atoms with E-state index in [0.29, 0.717) is 0 Å². The van der Waals surface area contributed by atoms with Crippen LogP contribution in [0.1, 0.15) is 142 Å². The second-order valence-corrected chi connectivity index (χ2v) is 12.6. The van der Waals surface area contributed by atoms with Crippen molar-refractivity contribution >= 4 is 0 Å². The topological polar surface area (TPSA) is 26.2 Å². The molecule has 0 spiro atoms. The minimum Gasteiger partial charge on any atom is -0.451 e. The molecule has 4 heteroatoms. The van der Waals surface area contributed by atoms with Crippen LogP contribution in [0, 0.1) is 0 Å². The van der Waals surface area contributed by atoms with Crippen molar-refractivity contribution in [2.24, 2.45) is 0 Å². The fourth-order valence-electron chi connectivity index (χ4n) is 5.81. The van der Waals surface area contributed by atoms with Gasteiger partial charge >= 0.3 is 0 Å². The highest BCUT2D eigenvalue weighted by Gasteiger charge is 2.08. The van der Waals surface area contributed by atoms with Gasteiger partial charge in [0.2, 0.25) is 12.4 Å². The molecule has 0 radical (unpaired) electrons. The van der Waals surface area contributed by atoms with Crippen LogP contribution in [0.2, 0.25) is 0 Å². The number of rotatable bonds is 26. The number of hydrogen-bond acceptors (Lipinski definition) is 2. The van der Waals surface area contributed by atoms with E-state index < -0.39 is 0 Å². The van der Waals surface area contributed by atoms with E-state index in [4.69, 9.17) is 9.47 Å². The summed E-state index contributed by atoms with van der Waals surface area (Å²) in [6.45, 7) is 6.64. The van der Waals surface area contributed by atoms with Crippen molar-refractivity contribution in [3.8, 4) is 23.0 Å². The van der Waals surface area contributed by atoms with Crippen molar-refractivity contribution in [3.05, 3.63) is 73.3 Å². The summed E-state index contributed by atoms with van der Waals surface area (Å²) in [5, 5.41) is 0. The Kier molecular flexibility index (Phi) is 19.0. The predicted molar refractivity (Wildman–Crippen MR) is 184 cm³/mol. The van der Waals surface area contributed by atoms with E-state index in [1.165, 1.54) is 128 Å². The smallest absolute Gasteiger partial charge is 0.211 e. The van der Waals surface area contributed by atoms with Crippen molar-refractivity contribution in [1.29, 1.82) is 0 Å². The Balaban J connectivity index is 1.31. The molecule has 2 aromatic heterocycles. The SMILES string of the molecule is CCCCCCCCCCCC[n+]1cccc(Oc2ccc(Oc3ccc[n+](CCCCCCCCCCCC)c3)cc2)c1. The summed E-state index contributed by atoms with van der Waals surface area (Å²) in [7, 11) is 0. The Hall–Kier alpha value is -2.88. The van der Waals surface area contributed by atoms with Crippen LogP contribution >= 0.6 is 0 Å². The second-order valence-electron chi connectivity index (χ2n) is 12.6. The molecule has 0 aliphatic carbocycles. The lowest BCUT2D eigenvalue weighted by Crippen LogP contribution is -2.32. The average Bonchev–Trinajstić information content (AvgIpc) is 3.04. The van der Waals surface area contributed by atoms with E-state index in [1.807, 2.05) is 36.4 Å². The molecule has 0 aliphatic heterocycles. The van der Waals surface area contributed by atoms with Gasteiger partial charge in [0.25, 0.3) is 0 Å². The lowest BCUT2D eigenvalue weighted by molar-refractivity contribution is -0.697. The Morgan fingerprint density at radius 3 is 1.05 bits per heavy atom. The van der Waals surface area contributed by atoms with Crippen molar-refractivity contribution < 1.29 is 18.6 Å². The van der Waals surface area contributed by atoms with E-state index in [-0.39, 0.29) is 0 Å². The van der Waals surface area contributed by atoms with Crippen molar-refractivity contribution in [3.63, 3.8) is 0 Å². The van der Waals surface area contributed by atoms with Gasteiger partial charge in [-0.1, -0.05) is 117 Å². The maximum absolute atomic E-state index is 6.16. The van der Waals surface area contributed by atoms with Gasteiger partial charge in [0.05, 0.1) is 0 Å². The summed E-state index contributed by atoms with van der Waals surface area (Å²) in [6, 6.07) is 16.1. The van der Waals surface area contributed by atoms with Gasteiger partial charge in [-0.15, -0.1) is 0 Å². The minimum atomic E-state index is 0.818. The number of aryl methyl sites for hydroxylation is 2. The standard InChI is InChI=1S/C40H62N2O2/c1-3-5-7-9-11-13-15-17-19-21-31-41-33-23-25-39(35-41)43-37-27-29-38(30-28-37)44-40-26-24-34-42(36-40)32-22-20-18-16-14-12-10-8-6-4-2/h23-30,33-36H,3-22,31-32H2,1-2H3/q+2. The summed E-state index contributed by atoms with van der Waals surface area (Å²) in [4.78, 5) is 0. The molecular weight excluding hydrogens is 540 g/mol. The van der Waals surface area contributed by atoms with Gasteiger partial charge < -0.3 is 9.47 Å². The average molecular weight is 603 g/mol. The Morgan fingerprint density at radius 2 is 0.705 bits per heavy atom. The molecule has 4 nitrogen and oxygen atoms in total. The van der Waals surface area contributed by atoms with Gasteiger partial charge in [0.15, 0.2) is 23.9 Å². The van der Waals surface area contributed by atoms with Crippen molar-refractivity contribution in [1.82, 2.24) is 0 Å². The maximum atomic E-state index is 6.16. The summed E-state index contributed by atoms with van der Waals surface area (Å²) < 4.78 is 16.8. The largest absolute Gasteiger partial charge is 0.451 e. The van der Waals surface area contributed by atoms with Crippen LogP contribution in [0.5, 0.6) is 23.0 Å². The quantitative estimate of drug-likeness (QED) is 0.0675. The first-order valence-corrected chi connectivity index (χ1v) is 18.2. The first-order chi connectivity index (χ1) is 21.8. The molecule has 1 aromatic carbocycles. The van der Waals surface area contributed by atoms with E-state index in [0.717, 1.165) is 36.1 Å². The number of pyridine rings is 2. The second kappa shape index (κ2) is 23.5. The van der Waals surface area contributed by atoms with Gasteiger partial charge in [-0.05, 0) is 49.2 Å². The third-order valence-electron chi connectivity index (χ3n) is 8.50. The molecule has 0 unspecified atom stereocenters. The van der Waals surface area contributed by atoms with Gasteiger partial charge in [0.1, 0.15) is 24.6 Å². The monoisotopic (exact) mass is 602 g/mol. The van der Waals surface area contributed by atoms with Gasteiger partial charge in [0, 0.05) is 25.0 Å². The van der Waals surface area contributed by atoms with E-state index in [1.54, 1.807) is 0 Å². The summed E-state index contributed by atoms with van der Waals surface area (Å²) in [5.74, 6) is 3.37. The van der Waals surface area contributed by atoms with Crippen molar-refractivity contribution in [2.45, 2.75) is 155 Å². The van der Waals surface area contributed by atoms with E-state index in [2.05, 4.69) is 59.9 Å². The third kappa shape index (κ3) is 16.3. The number of nitrogens with zero attached hydrogens (tertiary/aromatic N) is 2. The summed E-state index contributed by atoms with van der Waals surface area (Å²) in [5.41, 5.74) is 0. The predicted octanol–water partition coefficient (Wildman–Crippen LogP) is 11.7. The highest BCUT2D eigenvalue weighted by molar-refractivity contribution is 5.36. The molecular formula is C40H62N2O2+2. The van der Waals surface area contributed by atoms with Crippen LogP contribution in [0.15, 0.2) is 73.3 Å². The molecule has 242 valence electrons. The molecule has 3 aromatic rings. The maximum Gasteiger partial charge on any atom is 0.211 e. The Bertz CT molecular complexity index is 1030. The van der Waals surface area contributed by atoms with Gasteiger partial charge in [-0.25, -0.2) is 9.13 Å². The highest BCUT2D eigenvalue weighted by atomic mass is 16.5.